The van der Waals surface area contributed by atoms with Crippen molar-refractivity contribution in [1.29, 1.82) is 0 Å². The molecule has 0 aromatic heterocycles. The lowest BCUT2D eigenvalue weighted by atomic mass is 10.0. The van der Waals surface area contributed by atoms with Crippen LogP contribution in [0.15, 0.2) is 36.4 Å². The zero-order valence-corrected chi connectivity index (χ0v) is 11.2. The molecule has 0 amide bonds. The van der Waals surface area contributed by atoms with Gasteiger partial charge in [0.15, 0.2) is 0 Å². The average Bonchev–Trinajstić information content (AvgIpc) is 2.84. The Bertz CT molecular complexity index is 630. The van der Waals surface area contributed by atoms with E-state index in [1.54, 1.807) is 13.2 Å². The fourth-order valence-corrected chi connectivity index (χ4v) is 2.76. The van der Waals surface area contributed by atoms with E-state index in [2.05, 4.69) is 5.32 Å². The third-order valence-electron chi connectivity index (χ3n) is 3.41. The molecular formula is C15H13ClFNO. The van der Waals surface area contributed by atoms with Gasteiger partial charge in [-0.25, -0.2) is 4.39 Å². The van der Waals surface area contributed by atoms with Crippen molar-refractivity contribution in [1.82, 2.24) is 0 Å². The number of fused-ring (bicyclic) bond motifs is 1. The van der Waals surface area contributed by atoms with E-state index in [0.717, 1.165) is 23.2 Å². The Balaban J connectivity index is 1.99. The fraction of sp³-hybridized carbons (Fsp3) is 0.200. The van der Waals surface area contributed by atoms with Crippen LogP contribution in [0.3, 0.4) is 0 Å². The second-order valence-corrected chi connectivity index (χ2v) is 4.97. The normalized spacial score (nSPS) is 16.9. The second kappa shape index (κ2) is 4.74. The number of ether oxygens (including phenoxy) is 1. The molecule has 2 aromatic rings. The van der Waals surface area contributed by atoms with Crippen LogP contribution in [0.5, 0.6) is 5.75 Å². The average molecular weight is 278 g/mol. The molecule has 19 heavy (non-hydrogen) atoms. The molecule has 4 heteroatoms. The maximum Gasteiger partial charge on any atom is 0.124 e. The predicted molar refractivity (Wildman–Crippen MR) is 74.5 cm³/mol. The summed E-state index contributed by atoms with van der Waals surface area (Å²) in [6.07, 6.45) is 0.774. The number of anilines is 1. The van der Waals surface area contributed by atoms with E-state index in [9.17, 15) is 4.39 Å². The lowest BCUT2D eigenvalue weighted by Gasteiger charge is -2.16. The largest absolute Gasteiger partial charge is 0.496 e. The Hall–Kier alpha value is -1.74. The number of rotatable bonds is 2. The molecular weight excluding hydrogens is 265 g/mol. The van der Waals surface area contributed by atoms with Crippen molar-refractivity contribution in [2.45, 2.75) is 12.5 Å². The monoisotopic (exact) mass is 277 g/mol. The molecule has 0 aliphatic carbocycles. The van der Waals surface area contributed by atoms with Crippen LogP contribution in [0.2, 0.25) is 5.02 Å². The van der Waals surface area contributed by atoms with Gasteiger partial charge in [0.25, 0.3) is 0 Å². The summed E-state index contributed by atoms with van der Waals surface area (Å²) in [5, 5.41) is 4.03. The molecule has 1 aliphatic rings. The molecule has 0 fully saturated rings. The summed E-state index contributed by atoms with van der Waals surface area (Å²) in [4.78, 5) is 0. The van der Waals surface area contributed by atoms with Crippen LogP contribution >= 0.6 is 11.6 Å². The molecule has 0 spiro atoms. The van der Waals surface area contributed by atoms with Gasteiger partial charge < -0.3 is 10.1 Å². The maximum atomic E-state index is 13.4. The summed E-state index contributed by atoms with van der Waals surface area (Å²) >= 11 is 6.16. The molecule has 2 nitrogen and oxygen atoms in total. The molecule has 0 saturated heterocycles. The van der Waals surface area contributed by atoms with Gasteiger partial charge in [-0.2, -0.15) is 0 Å². The van der Waals surface area contributed by atoms with Gasteiger partial charge in [-0.1, -0.05) is 23.7 Å². The maximum absolute atomic E-state index is 13.4. The molecule has 0 bridgehead atoms. The standard InChI is InChI=1S/C15H13ClFNO/c1-19-14-6-5-10(17)8-11(14)13-7-9-3-2-4-12(16)15(9)18-13/h2-6,8,13,18H,7H2,1H3. The number of hydrogen-bond acceptors (Lipinski definition) is 2. The number of methoxy groups -OCH3 is 1. The number of para-hydroxylation sites is 1. The molecule has 98 valence electrons. The lowest BCUT2D eigenvalue weighted by Crippen LogP contribution is -2.08. The quantitative estimate of drug-likeness (QED) is 0.888. The van der Waals surface area contributed by atoms with Crippen LogP contribution < -0.4 is 10.1 Å². The van der Waals surface area contributed by atoms with E-state index in [1.807, 2.05) is 18.2 Å². The number of benzene rings is 2. The Morgan fingerprint density at radius 1 is 1.32 bits per heavy atom. The number of halogens is 2. The fourth-order valence-electron chi connectivity index (χ4n) is 2.51. The lowest BCUT2D eigenvalue weighted by molar-refractivity contribution is 0.406. The minimum atomic E-state index is -0.264. The Kier molecular flexibility index (Phi) is 3.07. The number of nitrogens with one attached hydrogen (secondary N) is 1. The highest BCUT2D eigenvalue weighted by Gasteiger charge is 2.26. The van der Waals surface area contributed by atoms with Crippen molar-refractivity contribution in [2.75, 3.05) is 12.4 Å². The Labute approximate surface area is 116 Å². The molecule has 1 heterocycles. The van der Waals surface area contributed by atoms with Crippen LogP contribution in [-0.2, 0) is 6.42 Å². The highest BCUT2D eigenvalue weighted by molar-refractivity contribution is 6.33. The topological polar surface area (TPSA) is 21.3 Å². The molecule has 1 atom stereocenters. The summed E-state index contributed by atoms with van der Waals surface area (Å²) in [5.74, 6) is 0.419. The van der Waals surface area contributed by atoms with Crippen LogP contribution in [-0.4, -0.2) is 7.11 Å². The molecule has 1 aliphatic heterocycles. The molecule has 0 radical (unpaired) electrons. The molecule has 1 unspecified atom stereocenters. The summed E-state index contributed by atoms with van der Waals surface area (Å²) in [7, 11) is 1.59. The summed E-state index contributed by atoms with van der Waals surface area (Å²) in [6, 6.07) is 10.3. The first-order chi connectivity index (χ1) is 9.19. The van der Waals surface area contributed by atoms with Crippen molar-refractivity contribution < 1.29 is 9.13 Å². The third-order valence-corrected chi connectivity index (χ3v) is 3.72. The van der Waals surface area contributed by atoms with Gasteiger partial charge in [0.1, 0.15) is 11.6 Å². The van der Waals surface area contributed by atoms with E-state index >= 15 is 0 Å². The van der Waals surface area contributed by atoms with Crippen LogP contribution in [0.4, 0.5) is 10.1 Å². The summed E-state index contributed by atoms with van der Waals surface area (Å²) in [6.45, 7) is 0. The first-order valence-corrected chi connectivity index (χ1v) is 6.44. The first kappa shape index (κ1) is 12.3. The zero-order chi connectivity index (χ0) is 13.4. The van der Waals surface area contributed by atoms with Crippen LogP contribution in [0, 0.1) is 5.82 Å². The minimum Gasteiger partial charge on any atom is -0.496 e. The van der Waals surface area contributed by atoms with E-state index in [1.165, 1.54) is 12.1 Å². The van der Waals surface area contributed by atoms with Crippen LogP contribution in [0.1, 0.15) is 17.2 Å². The van der Waals surface area contributed by atoms with Crippen molar-refractivity contribution in [3.63, 3.8) is 0 Å². The molecule has 1 N–H and O–H groups in total. The van der Waals surface area contributed by atoms with E-state index in [-0.39, 0.29) is 11.9 Å². The van der Waals surface area contributed by atoms with Gasteiger partial charge in [-0.05, 0) is 36.2 Å². The Morgan fingerprint density at radius 2 is 2.16 bits per heavy atom. The van der Waals surface area contributed by atoms with Gasteiger partial charge in [0, 0.05) is 5.56 Å². The Morgan fingerprint density at radius 3 is 2.89 bits per heavy atom. The SMILES string of the molecule is COc1ccc(F)cc1C1Cc2cccc(Cl)c2N1. The second-order valence-electron chi connectivity index (χ2n) is 4.56. The third kappa shape index (κ3) is 2.15. The van der Waals surface area contributed by atoms with E-state index in [0.29, 0.717) is 10.8 Å². The molecule has 2 aromatic carbocycles. The highest BCUT2D eigenvalue weighted by Crippen LogP contribution is 2.41. The highest BCUT2D eigenvalue weighted by atomic mass is 35.5. The molecule has 3 rings (SSSR count). The van der Waals surface area contributed by atoms with E-state index in [4.69, 9.17) is 16.3 Å². The van der Waals surface area contributed by atoms with Crippen LogP contribution in [0.25, 0.3) is 0 Å². The van der Waals surface area contributed by atoms with Gasteiger partial charge >= 0.3 is 0 Å². The van der Waals surface area contributed by atoms with Crippen molar-refractivity contribution >= 4 is 17.3 Å². The predicted octanol–water partition coefficient (Wildman–Crippen LogP) is 4.20. The van der Waals surface area contributed by atoms with Crippen molar-refractivity contribution in [3.8, 4) is 5.75 Å². The van der Waals surface area contributed by atoms with E-state index < -0.39 is 0 Å². The number of hydrogen-bond donors (Lipinski definition) is 1. The van der Waals surface area contributed by atoms with Gasteiger partial charge in [-0.3, -0.25) is 0 Å². The van der Waals surface area contributed by atoms with Gasteiger partial charge in [-0.15, -0.1) is 0 Å². The smallest absolute Gasteiger partial charge is 0.124 e. The van der Waals surface area contributed by atoms with Crippen molar-refractivity contribution in [2.24, 2.45) is 0 Å². The summed E-state index contributed by atoms with van der Waals surface area (Å²) in [5.41, 5.74) is 2.89. The zero-order valence-electron chi connectivity index (χ0n) is 10.4. The van der Waals surface area contributed by atoms with Crippen molar-refractivity contribution in [3.05, 3.63) is 58.4 Å². The summed E-state index contributed by atoms with van der Waals surface area (Å²) < 4.78 is 18.7. The van der Waals surface area contributed by atoms with Gasteiger partial charge in [0.2, 0.25) is 0 Å². The minimum absolute atomic E-state index is 0.0134. The van der Waals surface area contributed by atoms with Gasteiger partial charge in [0.05, 0.1) is 23.9 Å². The first-order valence-electron chi connectivity index (χ1n) is 6.06. The molecule has 0 saturated carbocycles.